The van der Waals surface area contributed by atoms with Crippen LogP contribution in [0.15, 0.2) is 47.5 Å². The standard InChI is InChI=1S/C24H26ClN3O4/c25-16-5-6-22-20(13-16)27-24(19-3-1-2-4-21(19)32-22)28-10-9-26-17(15-28)14-23(29)31-18-7-11-30-12-8-18/h1-6,13,17-18,26H,7-12,14-15H2. The van der Waals surface area contributed by atoms with Crippen molar-refractivity contribution in [1.29, 1.82) is 0 Å². The van der Waals surface area contributed by atoms with E-state index in [0.29, 0.717) is 42.6 Å². The number of ether oxygens (including phenoxy) is 3. The highest BCUT2D eigenvalue weighted by molar-refractivity contribution is 6.31. The minimum atomic E-state index is -0.167. The molecule has 32 heavy (non-hydrogen) atoms. The molecule has 1 unspecified atom stereocenters. The van der Waals surface area contributed by atoms with Crippen molar-refractivity contribution < 1.29 is 19.0 Å². The summed E-state index contributed by atoms with van der Waals surface area (Å²) in [6.07, 6.45) is 1.83. The zero-order chi connectivity index (χ0) is 21.9. The molecule has 8 heteroatoms. The van der Waals surface area contributed by atoms with Crippen LogP contribution in [-0.4, -0.2) is 61.7 Å². The van der Waals surface area contributed by atoms with Gasteiger partial charge in [0.1, 0.15) is 23.4 Å². The number of aliphatic imine (C=N–C) groups is 1. The fourth-order valence-electron chi connectivity index (χ4n) is 4.32. The predicted octanol–water partition coefficient (Wildman–Crippen LogP) is 3.91. The summed E-state index contributed by atoms with van der Waals surface area (Å²) in [6.45, 7) is 3.47. The molecule has 0 spiro atoms. The van der Waals surface area contributed by atoms with Gasteiger partial charge in [0.25, 0.3) is 0 Å². The van der Waals surface area contributed by atoms with E-state index >= 15 is 0 Å². The number of piperazine rings is 1. The molecule has 3 aliphatic rings. The van der Waals surface area contributed by atoms with Crippen molar-refractivity contribution in [2.75, 3.05) is 32.8 Å². The molecule has 0 radical (unpaired) electrons. The Kier molecular flexibility index (Phi) is 6.30. The number of amidine groups is 1. The molecule has 2 saturated heterocycles. The van der Waals surface area contributed by atoms with E-state index in [2.05, 4.69) is 10.2 Å². The van der Waals surface area contributed by atoms with Crippen LogP contribution < -0.4 is 10.1 Å². The van der Waals surface area contributed by atoms with Gasteiger partial charge in [-0.05, 0) is 30.3 Å². The summed E-state index contributed by atoms with van der Waals surface area (Å²) in [6, 6.07) is 13.3. The van der Waals surface area contributed by atoms with E-state index in [1.165, 1.54) is 0 Å². The summed E-state index contributed by atoms with van der Waals surface area (Å²) in [7, 11) is 0. The van der Waals surface area contributed by atoms with Gasteiger partial charge in [-0.25, -0.2) is 4.99 Å². The molecular weight excluding hydrogens is 430 g/mol. The number of carbonyl (C=O) groups is 1. The normalized spacial score (nSPS) is 21.0. The van der Waals surface area contributed by atoms with Gasteiger partial charge < -0.3 is 24.4 Å². The summed E-state index contributed by atoms with van der Waals surface area (Å²) < 4.78 is 17.2. The number of hydrogen-bond donors (Lipinski definition) is 1. The van der Waals surface area contributed by atoms with Gasteiger partial charge in [0.2, 0.25) is 0 Å². The Bertz CT molecular complexity index is 1020. The summed E-state index contributed by atoms with van der Waals surface area (Å²) in [5.74, 6) is 2.08. The van der Waals surface area contributed by atoms with Crippen molar-refractivity contribution in [2.45, 2.75) is 31.4 Å². The van der Waals surface area contributed by atoms with Gasteiger partial charge in [0, 0.05) is 43.5 Å². The molecule has 1 N–H and O–H groups in total. The number of para-hydroxylation sites is 1. The third-order valence-electron chi connectivity index (χ3n) is 5.93. The zero-order valence-electron chi connectivity index (χ0n) is 17.8. The highest BCUT2D eigenvalue weighted by Crippen LogP contribution is 2.39. The Hall–Kier alpha value is -2.61. The molecule has 0 saturated carbocycles. The van der Waals surface area contributed by atoms with Crippen LogP contribution in [-0.2, 0) is 14.3 Å². The molecule has 3 aliphatic heterocycles. The van der Waals surface area contributed by atoms with Crippen LogP contribution in [0.1, 0.15) is 24.8 Å². The third kappa shape index (κ3) is 4.75. The third-order valence-corrected chi connectivity index (χ3v) is 6.16. The quantitative estimate of drug-likeness (QED) is 0.707. The molecule has 168 valence electrons. The van der Waals surface area contributed by atoms with Crippen LogP contribution in [0.3, 0.4) is 0 Å². The van der Waals surface area contributed by atoms with Gasteiger partial charge in [0.15, 0.2) is 5.75 Å². The highest BCUT2D eigenvalue weighted by atomic mass is 35.5. The average molecular weight is 456 g/mol. The highest BCUT2D eigenvalue weighted by Gasteiger charge is 2.29. The first-order valence-electron chi connectivity index (χ1n) is 11.1. The summed E-state index contributed by atoms with van der Waals surface area (Å²) in [5, 5.41) is 4.06. The maximum absolute atomic E-state index is 12.5. The van der Waals surface area contributed by atoms with E-state index in [1.807, 2.05) is 36.4 Å². The number of nitrogens with zero attached hydrogens (tertiary/aromatic N) is 2. The van der Waals surface area contributed by atoms with Crippen molar-refractivity contribution in [2.24, 2.45) is 4.99 Å². The maximum atomic E-state index is 12.5. The van der Waals surface area contributed by atoms with Gasteiger partial charge >= 0.3 is 5.97 Å². The molecule has 7 nitrogen and oxygen atoms in total. The topological polar surface area (TPSA) is 72.4 Å². The first kappa shape index (κ1) is 21.2. The van der Waals surface area contributed by atoms with E-state index in [0.717, 1.165) is 43.1 Å². The monoisotopic (exact) mass is 455 g/mol. The Balaban J connectivity index is 1.35. The summed E-state index contributed by atoms with van der Waals surface area (Å²) in [4.78, 5) is 19.7. The number of esters is 1. The van der Waals surface area contributed by atoms with Crippen LogP contribution in [0.4, 0.5) is 5.69 Å². The van der Waals surface area contributed by atoms with Crippen molar-refractivity contribution in [3.8, 4) is 11.5 Å². The number of nitrogens with one attached hydrogen (secondary N) is 1. The largest absolute Gasteiger partial charge is 0.462 e. The maximum Gasteiger partial charge on any atom is 0.307 e. The first-order valence-corrected chi connectivity index (χ1v) is 11.4. The Morgan fingerprint density at radius 2 is 2.03 bits per heavy atom. The fraction of sp³-hybridized carbons (Fsp3) is 0.417. The number of fused-ring (bicyclic) bond motifs is 2. The molecular formula is C24H26ClN3O4. The summed E-state index contributed by atoms with van der Waals surface area (Å²) in [5.41, 5.74) is 1.61. The molecule has 2 aromatic rings. The number of carbonyl (C=O) groups excluding carboxylic acids is 1. The van der Waals surface area contributed by atoms with E-state index in [9.17, 15) is 4.79 Å². The molecule has 2 aromatic carbocycles. The second kappa shape index (κ2) is 9.48. The number of benzene rings is 2. The molecule has 0 amide bonds. The lowest BCUT2D eigenvalue weighted by atomic mass is 10.1. The van der Waals surface area contributed by atoms with Crippen LogP contribution in [0, 0.1) is 0 Å². The lowest BCUT2D eigenvalue weighted by Crippen LogP contribution is -2.53. The minimum Gasteiger partial charge on any atom is -0.462 e. The van der Waals surface area contributed by atoms with E-state index < -0.39 is 0 Å². The smallest absolute Gasteiger partial charge is 0.307 e. The minimum absolute atomic E-state index is 0.0195. The van der Waals surface area contributed by atoms with Gasteiger partial charge in [-0.3, -0.25) is 4.79 Å². The molecule has 0 bridgehead atoms. The van der Waals surface area contributed by atoms with Gasteiger partial charge in [0.05, 0.1) is 25.2 Å². The predicted molar refractivity (Wildman–Crippen MR) is 122 cm³/mol. The second-order valence-electron chi connectivity index (χ2n) is 8.25. The Morgan fingerprint density at radius 1 is 1.19 bits per heavy atom. The Labute approximate surface area is 192 Å². The Morgan fingerprint density at radius 3 is 2.91 bits per heavy atom. The molecule has 1 atom stereocenters. The molecule has 5 rings (SSSR count). The molecule has 3 heterocycles. The number of halogens is 1. The molecule has 2 fully saturated rings. The van der Waals surface area contributed by atoms with Gasteiger partial charge in [-0.15, -0.1) is 0 Å². The lowest BCUT2D eigenvalue weighted by Gasteiger charge is -2.35. The van der Waals surface area contributed by atoms with Crippen molar-refractivity contribution in [3.05, 3.63) is 53.1 Å². The van der Waals surface area contributed by atoms with E-state index in [1.54, 1.807) is 6.07 Å². The van der Waals surface area contributed by atoms with Crippen LogP contribution >= 0.6 is 11.6 Å². The first-order chi connectivity index (χ1) is 15.7. The van der Waals surface area contributed by atoms with Crippen molar-refractivity contribution in [3.63, 3.8) is 0 Å². The molecule has 0 aliphatic carbocycles. The van der Waals surface area contributed by atoms with Crippen LogP contribution in [0.2, 0.25) is 5.02 Å². The van der Waals surface area contributed by atoms with Crippen molar-refractivity contribution >= 4 is 29.1 Å². The summed E-state index contributed by atoms with van der Waals surface area (Å²) >= 11 is 6.23. The van der Waals surface area contributed by atoms with Crippen molar-refractivity contribution in [1.82, 2.24) is 10.2 Å². The van der Waals surface area contributed by atoms with Crippen LogP contribution in [0.5, 0.6) is 11.5 Å². The number of rotatable bonds is 3. The van der Waals surface area contributed by atoms with Gasteiger partial charge in [-0.2, -0.15) is 0 Å². The lowest BCUT2D eigenvalue weighted by molar-refractivity contribution is -0.153. The second-order valence-corrected chi connectivity index (χ2v) is 8.68. The average Bonchev–Trinajstić information content (AvgIpc) is 2.96. The van der Waals surface area contributed by atoms with E-state index in [4.69, 9.17) is 30.8 Å². The fourth-order valence-corrected chi connectivity index (χ4v) is 4.49. The van der Waals surface area contributed by atoms with E-state index in [-0.39, 0.29) is 18.1 Å². The van der Waals surface area contributed by atoms with Crippen LogP contribution in [0.25, 0.3) is 0 Å². The SMILES string of the molecule is O=C(CC1CN(C2=Nc3cc(Cl)ccc3Oc3ccccc32)CCN1)OC1CCOCC1. The number of hydrogen-bond acceptors (Lipinski definition) is 7. The van der Waals surface area contributed by atoms with Gasteiger partial charge in [-0.1, -0.05) is 23.7 Å². The molecule has 0 aromatic heterocycles. The zero-order valence-corrected chi connectivity index (χ0v) is 18.5.